The van der Waals surface area contributed by atoms with E-state index in [9.17, 15) is 0 Å². The summed E-state index contributed by atoms with van der Waals surface area (Å²) in [6.07, 6.45) is 0. The third-order valence-corrected chi connectivity index (χ3v) is 85.4. The van der Waals surface area contributed by atoms with Gasteiger partial charge in [0.2, 0.25) is 0 Å². The highest BCUT2D eigenvalue weighted by atomic mass is 32.6. The second-order valence-electron chi connectivity index (χ2n) is 6.25. The van der Waals surface area contributed by atoms with Gasteiger partial charge in [-0.15, -0.1) is 0 Å². The average molecular weight is 297 g/mol. The van der Waals surface area contributed by atoms with Crippen molar-refractivity contribution in [3.8, 4) is 0 Å². The molecule has 0 nitrogen and oxygen atoms in total. The maximum atomic E-state index is 2.63. The molecule has 1 saturated heterocycles. The molecular formula is C8H24S2Si4. The van der Waals surface area contributed by atoms with Crippen LogP contribution in [0.5, 0.6) is 0 Å². The van der Waals surface area contributed by atoms with Crippen molar-refractivity contribution in [3.63, 3.8) is 0 Å². The van der Waals surface area contributed by atoms with Crippen LogP contribution >= 0.6 is 21.3 Å². The Kier molecular flexibility index (Phi) is 3.44. The molecule has 0 aliphatic carbocycles. The SMILES string of the molecule is C[Si]1(C)S[Si](C)(C)[Si](C)(C)S[Si]1(C)C. The summed E-state index contributed by atoms with van der Waals surface area (Å²) >= 11 is 0. The van der Waals surface area contributed by atoms with Gasteiger partial charge in [0.1, 0.15) is 27.0 Å². The van der Waals surface area contributed by atoms with E-state index < -0.39 is 27.0 Å². The van der Waals surface area contributed by atoms with Crippen molar-refractivity contribution in [3.05, 3.63) is 0 Å². The summed E-state index contributed by atoms with van der Waals surface area (Å²) in [7, 11) is 5.08. The van der Waals surface area contributed by atoms with E-state index in [0.717, 1.165) is 0 Å². The molecule has 0 unspecified atom stereocenters. The molecule has 0 saturated carbocycles. The fourth-order valence-corrected chi connectivity index (χ4v) is 121. The first-order chi connectivity index (χ1) is 5.91. The Bertz CT molecular complexity index is 198. The molecule has 6 heteroatoms. The van der Waals surface area contributed by atoms with Gasteiger partial charge >= 0.3 is 0 Å². The van der Waals surface area contributed by atoms with Gasteiger partial charge in [0.15, 0.2) is 0 Å². The lowest BCUT2D eigenvalue weighted by molar-refractivity contribution is 1.90. The van der Waals surface area contributed by atoms with Crippen LogP contribution < -0.4 is 0 Å². The third-order valence-electron chi connectivity index (χ3n) is 3.92. The van der Waals surface area contributed by atoms with Crippen LogP contribution in [0.4, 0.5) is 0 Å². The van der Waals surface area contributed by atoms with E-state index in [1.807, 2.05) is 0 Å². The van der Waals surface area contributed by atoms with E-state index in [-0.39, 0.29) is 0 Å². The maximum absolute atomic E-state index is 2.63. The lowest BCUT2D eigenvalue weighted by atomic mass is 11.9. The first kappa shape index (κ1) is 13.6. The predicted octanol–water partition coefficient (Wildman–Crippen LogP) is 4.44. The van der Waals surface area contributed by atoms with Crippen molar-refractivity contribution in [2.24, 2.45) is 0 Å². The Labute approximate surface area is 100 Å². The molecular weight excluding hydrogens is 273 g/mol. The second-order valence-corrected chi connectivity index (χ2v) is 55.2. The van der Waals surface area contributed by atoms with Crippen molar-refractivity contribution < 1.29 is 0 Å². The summed E-state index contributed by atoms with van der Waals surface area (Å²) in [5.74, 6) is 0. The number of hydrogen-bond donors (Lipinski definition) is 0. The molecule has 0 N–H and O–H groups in total. The molecule has 0 bridgehead atoms. The first-order valence-electron chi connectivity index (χ1n) is 5.32. The van der Waals surface area contributed by atoms with Gasteiger partial charge in [-0.2, -0.15) is 0 Å². The van der Waals surface area contributed by atoms with E-state index in [1.165, 1.54) is 0 Å². The van der Waals surface area contributed by atoms with Crippen LogP contribution in [0.25, 0.3) is 0 Å². The lowest BCUT2D eigenvalue weighted by Crippen LogP contribution is -2.67. The molecule has 0 radical (unpaired) electrons. The van der Waals surface area contributed by atoms with E-state index in [4.69, 9.17) is 0 Å². The summed E-state index contributed by atoms with van der Waals surface area (Å²) in [5.41, 5.74) is 0. The average Bonchev–Trinajstić information content (AvgIpc) is 1.78. The molecule has 1 aliphatic heterocycles. The van der Waals surface area contributed by atoms with Gasteiger partial charge in [0.25, 0.3) is 0 Å². The van der Waals surface area contributed by atoms with Crippen LogP contribution in [0.15, 0.2) is 0 Å². The predicted molar refractivity (Wildman–Crippen MR) is 85.1 cm³/mol. The van der Waals surface area contributed by atoms with Gasteiger partial charge in [-0.1, -0.05) is 52.4 Å². The minimum Gasteiger partial charge on any atom is -0.210 e. The Hall–Kier alpha value is 1.57. The molecule has 84 valence electrons. The molecule has 1 aliphatic rings. The number of hydrogen-bond acceptors (Lipinski definition) is 2. The normalized spacial score (nSPS) is 32.6. The van der Waals surface area contributed by atoms with E-state index in [1.54, 1.807) is 0 Å². The minimum absolute atomic E-state index is 0.927. The lowest BCUT2D eigenvalue weighted by Gasteiger charge is -2.55. The molecule has 14 heavy (non-hydrogen) atoms. The Morgan fingerprint density at radius 2 is 0.571 bits per heavy atom. The van der Waals surface area contributed by atoms with Crippen LogP contribution in [0.1, 0.15) is 0 Å². The smallest absolute Gasteiger partial charge is 0.107 e. The largest absolute Gasteiger partial charge is 0.210 e. The summed E-state index contributed by atoms with van der Waals surface area (Å²) in [6.45, 7) is 17.4. The minimum atomic E-state index is -0.927. The molecule has 1 heterocycles. The van der Waals surface area contributed by atoms with E-state index in [2.05, 4.69) is 73.7 Å². The van der Waals surface area contributed by atoms with Crippen LogP contribution in [-0.2, 0) is 0 Å². The zero-order chi connectivity index (χ0) is 11.4. The molecule has 0 aromatic rings. The van der Waals surface area contributed by atoms with Crippen molar-refractivity contribution >= 4 is 48.3 Å². The van der Waals surface area contributed by atoms with Gasteiger partial charge in [0, 0.05) is 0 Å². The van der Waals surface area contributed by atoms with Crippen molar-refractivity contribution in [1.29, 1.82) is 0 Å². The van der Waals surface area contributed by atoms with E-state index in [0.29, 0.717) is 0 Å². The Morgan fingerprint density at radius 3 is 0.714 bits per heavy atom. The molecule has 1 rings (SSSR count). The molecule has 0 amide bonds. The standard InChI is InChI=1S/C8H24S2Si4/c1-11(2)9-13(5,6)14(7,8)10-12(11,3)4/h1-8H3. The van der Waals surface area contributed by atoms with Gasteiger partial charge in [-0.05, 0) is 0 Å². The second kappa shape index (κ2) is 3.53. The topological polar surface area (TPSA) is 0 Å². The fourth-order valence-electron chi connectivity index (χ4n) is 1.77. The van der Waals surface area contributed by atoms with Crippen molar-refractivity contribution in [2.45, 2.75) is 52.4 Å². The summed E-state index contributed by atoms with van der Waals surface area (Å²) in [4.78, 5) is 0. The monoisotopic (exact) mass is 296 g/mol. The molecule has 0 atom stereocenters. The van der Waals surface area contributed by atoms with Crippen molar-refractivity contribution in [1.82, 2.24) is 0 Å². The van der Waals surface area contributed by atoms with Gasteiger partial charge in [-0.3, -0.25) is 0 Å². The molecule has 0 spiro atoms. The molecule has 0 aromatic carbocycles. The van der Waals surface area contributed by atoms with Gasteiger partial charge in [-0.25, -0.2) is 21.3 Å². The van der Waals surface area contributed by atoms with Crippen LogP contribution in [0.2, 0.25) is 52.4 Å². The summed E-state index contributed by atoms with van der Waals surface area (Å²) in [6, 6.07) is 0. The van der Waals surface area contributed by atoms with E-state index >= 15 is 0 Å². The summed E-state index contributed by atoms with van der Waals surface area (Å²) in [5, 5.41) is 0. The van der Waals surface area contributed by atoms with Crippen LogP contribution in [0.3, 0.4) is 0 Å². The fraction of sp³-hybridized carbons (Fsp3) is 1.00. The molecule has 1 fully saturated rings. The first-order valence-corrected chi connectivity index (χ1v) is 23.8. The highest BCUT2D eigenvalue weighted by Crippen LogP contribution is 2.55. The van der Waals surface area contributed by atoms with Crippen LogP contribution in [-0.4, -0.2) is 27.0 Å². The Balaban J connectivity index is 3.07. The maximum Gasteiger partial charge on any atom is 0.107 e. The number of rotatable bonds is 0. The van der Waals surface area contributed by atoms with Crippen molar-refractivity contribution in [2.75, 3.05) is 0 Å². The van der Waals surface area contributed by atoms with Gasteiger partial charge < -0.3 is 0 Å². The molecule has 0 aromatic heterocycles. The highest BCUT2D eigenvalue weighted by Gasteiger charge is 2.59. The third kappa shape index (κ3) is 2.15. The van der Waals surface area contributed by atoms with Gasteiger partial charge in [0.05, 0.1) is 0 Å². The quantitative estimate of drug-likeness (QED) is 0.606. The zero-order valence-electron chi connectivity index (χ0n) is 10.8. The zero-order valence-corrected chi connectivity index (χ0v) is 16.4. The Morgan fingerprint density at radius 1 is 0.429 bits per heavy atom. The highest BCUT2D eigenvalue weighted by molar-refractivity contribution is 8.78. The summed E-state index contributed by atoms with van der Waals surface area (Å²) < 4.78 is 0. The van der Waals surface area contributed by atoms with Crippen LogP contribution in [0, 0.1) is 0 Å².